The molecule has 336 valence electrons. The molecule has 1 aliphatic rings. The molecule has 0 unspecified atom stereocenters. The van der Waals surface area contributed by atoms with Crippen molar-refractivity contribution in [2.24, 2.45) is 0 Å². The van der Waals surface area contributed by atoms with Gasteiger partial charge in [-0.3, -0.25) is 28.8 Å². The number of anilines is 3. The summed E-state index contributed by atoms with van der Waals surface area (Å²) in [6.45, 7) is -0.225. The third kappa shape index (κ3) is 13.5. The average Bonchev–Trinajstić information content (AvgIpc) is 3.33. The summed E-state index contributed by atoms with van der Waals surface area (Å²) < 4.78 is 17.7. The standard InChI is InChI=1S/C51H48N6O9/c58-46-37-19-10-23-41(25-37)53-50(62)44(32-65-29-35-15-6-2-7-16-35)57-48(60)39-21-12-24-42(27-39)54-51(63)45(33-66-30-36-17-8-3-9-18-36)56-47(59)38-20-11-22-40(26-38)52-49(61)43(55-46)31-64-28-34-13-4-1-5-14-34/h1-27,43-45H,28-33H2,(H,52,61)(H,53,62)(H,54,63)(H,55,58)(H,56,59)(H,57,60)/t43-,44-,45-/m0/s1. The van der Waals surface area contributed by atoms with Gasteiger partial charge in [0.05, 0.1) is 39.6 Å². The van der Waals surface area contributed by atoms with Crippen molar-refractivity contribution in [3.05, 3.63) is 197 Å². The van der Waals surface area contributed by atoms with Gasteiger partial charge in [-0.2, -0.15) is 0 Å². The number of ether oxygens (including phenoxy) is 3. The molecule has 0 fully saturated rings. The van der Waals surface area contributed by atoms with Crippen LogP contribution in [0.2, 0.25) is 0 Å². The first-order chi connectivity index (χ1) is 32.2. The van der Waals surface area contributed by atoms with Gasteiger partial charge in [-0.1, -0.05) is 109 Å². The van der Waals surface area contributed by atoms with Crippen molar-refractivity contribution in [2.45, 2.75) is 37.9 Å². The minimum absolute atomic E-state index is 0.115. The molecule has 15 heteroatoms. The van der Waals surface area contributed by atoms with Crippen molar-refractivity contribution in [3.63, 3.8) is 0 Å². The van der Waals surface area contributed by atoms with E-state index in [4.69, 9.17) is 14.2 Å². The minimum Gasteiger partial charge on any atom is -0.374 e. The van der Waals surface area contributed by atoms with Crippen LogP contribution < -0.4 is 31.9 Å². The van der Waals surface area contributed by atoms with E-state index in [-0.39, 0.29) is 73.4 Å². The molecule has 6 N–H and O–H groups in total. The third-order valence-corrected chi connectivity index (χ3v) is 10.2. The van der Waals surface area contributed by atoms with E-state index < -0.39 is 53.6 Å². The van der Waals surface area contributed by atoms with Crippen LogP contribution in [-0.4, -0.2) is 73.4 Å². The predicted molar refractivity (Wildman–Crippen MR) is 247 cm³/mol. The number of fused-ring (bicyclic) bond motifs is 6. The molecule has 0 aromatic heterocycles. The number of hydrogen-bond acceptors (Lipinski definition) is 9. The lowest BCUT2D eigenvalue weighted by Crippen LogP contribution is -2.47. The maximum absolute atomic E-state index is 13.9. The fourth-order valence-corrected chi connectivity index (χ4v) is 6.78. The molecular weight excluding hydrogens is 841 g/mol. The van der Waals surface area contributed by atoms with Crippen LogP contribution in [0.1, 0.15) is 47.8 Å². The Morgan fingerprint density at radius 2 is 0.606 bits per heavy atom. The molecule has 1 heterocycles. The largest absolute Gasteiger partial charge is 0.374 e. The highest BCUT2D eigenvalue weighted by Gasteiger charge is 2.27. The zero-order chi connectivity index (χ0) is 46.1. The highest BCUT2D eigenvalue weighted by Crippen LogP contribution is 2.17. The molecule has 6 bridgehead atoms. The number of hydrogen-bond donors (Lipinski definition) is 6. The summed E-state index contributed by atoms with van der Waals surface area (Å²) in [7, 11) is 0. The zero-order valence-electron chi connectivity index (χ0n) is 35.7. The number of rotatable bonds is 12. The van der Waals surface area contributed by atoms with Gasteiger partial charge in [0.25, 0.3) is 17.7 Å². The molecular formula is C51H48N6O9. The molecule has 0 spiro atoms. The topological polar surface area (TPSA) is 202 Å². The average molecular weight is 889 g/mol. The fraction of sp³-hybridized carbons (Fsp3) is 0.176. The van der Waals surface area contributed by atoms with Gasteiger partial charge in [0.2, 0.25) is 17.7 Å². The monoisotopic (exact) mass is 888 g/mol. The van der Waals surface area contributed by atoms with E-state index in [9.17, 15) is 28.8 Å². The van der Waals surface area contributed by atoms with Crippen LogP contribution in [0.25, 0.3) is 0 Å². The van der Waals surface area contributed by atoms with Crippen LogP contribution in [0.5, 0.6) is 0 Å². The molecule has 6 amide bonds. The zero-order valence-corrected chi connectivity index (χ0v) is 35.7. The Labute approximate surface area is 381 Å². The fourth-order valence-electron chi connectivity index (χ4n) is 6.78. The molecule has 3 atom stereocenters. The summed E-state index contributed by atoms with van der Waals surface area (Å²) in [5, 5.41) is 16.5. The molecule has 0 aliphatic carbocycles. The Morgan fingerprint density at radius 1 is 0.333 bits per heavy atom. The number of benzene rings is 6. The van der Waals surface area contributed by atoms with Gasteiger partial charge in [0.15, 0.2) is 0 Å². The Kier molecular flexibility index (Phi) is 16.1. The lowest BCUT2D eigenvalue weighted by molar-refractivity contribution is -0.120. The van der Waals surface area contributed by atoms with Crippen molar-refractivity contribution in [1.82, 2.24) is 16.0 Å². The van der Waals surface area contributed by atoms with Crippen LogP contribution in [0.3, 0.4) is 0 Å². The van der Waals surface area contributed by atoms with Gasteiger partial charge >= 0.3 is 0 Å². The second-order valence-corrected chi connectivity index (χ2v) is 15.3. The van der Waals surface area contributed by atoms with Crippen molar-refractivity contribution < 1.29 is 43.0 Å². The van der Waals surface area contributed by atoms with Crippen LogP contribution in [0.4, 0.5) is 17.1 Å². The van der Waals surface area contributed by atoms with E-state index in [1.165, 1.54) is 36.4 Å². The van der Waals surface area contributed by atoms with Crippen LogP contribution in [0, 0.1) is 0 Å². The van der Waals surface area contributed by atoms with Gasteiger partial charge in [-0.25, -0.2) is 0 Å². The quantitative estimate of drug-likeness (QED) is 0.0871. The Hall–Kier alpha value is -7.98. The number of carbonyl (C=O) groups excluding carboxylic acids is 6. The lowest BCUT2D eigenvalue weighted by atomic mass is 10.1. The highest BCUT2D eigenvalue weighted by atomic mass is 16.5. The van der Waals surface area contributed by atoms with Gasteiger partial charge in [0.1, 0.15) is 18.1 Å². The SMILES string of the molecule is O=C1N[C@@H](COCc2ccccc2)C(=O)Nc2cccc(c2)C(=O)N[C@@H](COCc2ccccc2)C(=O)Nc2cccc(c2)C(=O)N[C@@H](COCc2ccccc2)C(=O)Nc2cccc1c2. The molecule has 66 heavy (non-hydrogen) atoms. The highest BCUT2D eigenvalue weighted by molar-refractivity contribution is 6.06. The summed E-state index contributed by atoms with van der Waals surface area (Å²) >= 11 is 0. The van der Waals surface area contributed by atoms with Crippen LogP contribution >= 0.6 is 0 Å². The third-order valence-electron chi connectivity index (χ3n) is 10.2. The van der Waals surface area contributed by atoms with E-state index in [2.05, 4.69) is 31.9 Å². The molecule has 7 rings (SSSR count). The summed E-state index contributed by atoms with van der Waals surface area (Å²) in [6, 6.07) is 42.5. The van der Waals surface area contributed by atoms with Crippen molar-refractivity contribution >= 4 is 52.5 Å². The second kappa shape index (κ2) is 23.1. The predicted octanol–water partition coefficient (Wildman–Crippen LogP) is 5.86. The number of carbonyl (C=O) groups is 6. The first-order valence-corrected chi connectivity index (χ1v) is 21.2. The van der Waals surface area contributed by atoms with Crippen LogP contribution in [0.15, 0.2) is 164 Å². The maximum Gasteiger partial charge on any atom is 0.252 e. The van der Waals surface area contributed by atoms with Crippen molar-refractivity contribution in [2.75, 3.05) is 35.8 Å². The van der Waals surface area contributed by atoms with E-state index in [1.807, 2.05) is 91.0 Å². The van der Waals surface area contributed by atoms with Crippen molar-refractivity contribution in [3.8, 4) is 0 Å². The second-order valence-electron chi connectivity index (χ2n) is 15.3. The molecule has 0 radical (unpaired) electrons. The first-order valence-electron chi connectivity index (χ1n) is 21.2. The number of amides is 6. The lowest BCUT2D eigenvalue weighted by Gasteiger charge is -2.21. The van der Waals surface area contributed by atoms with Crippen LogP contribution in [-0.2, 0) is 48.4 Å². The maximum atomic E-state index is 13.9. The molecule has 0 saturated carbocycles. The normalized spacial score (nSPS) is 17.2. The first kappa shape index (κ1) is 46.0. The molecule has 15 nitrogen and oxygen atoms in total. The van der Waals surface area contributed by atoms with Gasteiger partial charge in [0, 0.05) is 33.8 Å². The van der Waals surface area contributed by atoms with E-state index in [0.29, 0.717) is 0 Å². The van der Waals surface area contributed by atoms with Gasteiger partial charge in [-0.15, -0.1) is 0 Å². The Morgan fingerprint density at radius 3 is 0.879 bits per heavy atom. The van der Waals surface area contributed by atoms with E-state index >= 15 is 0 Å². The molecule has 0 saturated heterocycles. The smallest absolute Gasteiger partial charge is 0.252 e. The summed E-state index contributed by atoms with van der Waals surface area (Å²) in [6.07, 6.45) is 0. The van der Waals surface area contributed by atoms with Gasteiger partial charge < -0.3 is 46.1 Å². The Balaban J connectivity index is 1.18. The van der Waals surface area contributed by atoms with Gasteiger partial charge in [-0.05, 0) is 71.3 Å². The van der Waals surface area contributed by atoms with E-state index in [1.54, 1.807) is 36.4 Å². The summed E-state index contributed by atoms with van der Waals surface area (Å²) in [4.78, 5) is 83.3. The summed E-state index contributed by atoms with van der Waals surface area (Å²) in [5.41, 5.74) is 3.58. The Bertz CT molecular complexity index is 2340. The molecule has 6 aromatic carbocycles. The van der Waals surface area contributed by atoms with Crippen molar-refractivity contribution in [1.29, 1.82) is 0 Å². The van der Waals surface area contributed by atoms with E-state index in [0.717, 1.165) is 16.7 Å². The minimum atomic E-state index is -1.23. The number of nitrogens with one attached hydrogen (secondary N) is 6. The molecule has 1 aliphatic heterocycles. The molecule has 6 aromatic rings. The summed E-state index contributed by atoms with van der Waals surface area (Å²) in [5.74, 6) is -3.87.